The molecule has 0 heterocycles. The van der Waals surface area contributed by atoms with Crippen LogP contribution in [0.15, 0.2) is 24.3 Å². The van der Waals surface area contributed by atoms with Gasteiger partial charge in [0.2, 0.25) is 0 Å². The maximum Gasteiger partial charge on any atom is 0.119 e. The molecule has 3 rings (SSSR count). The second-order valence-electron chi connectivity index (χ2n) is 6.45. The predicted octanol–water partition coefficient (Wildman–Crippen LogP) is 3.65. The molecule has 20 heavy (non-hydrogen) atoms. The van der Waals surface area contributed by atoms with Gasteiger partial charge < -0.3 is 10.1 Å². The molecule has 0 aromatic heterocycles. The number of fused-ring (bicyclic) bond motifs is 1. The molecular weight excluding hydrogens is 246 g/mol. The van der Waals surface area contributed by atoms with Crippen LogP contribution in [0.2, 0.25) is 0 Å². The topological polar surface area (TPSA) is 21.3 Å². The van der Waals surface area contributed by atoms with Crippen molar-refractivity contribution >= 4 is 0 Å². The molecule has 0 saturated heterocycles. The van der Waals surface area contributed by atoms with Crippen LogP contribution in [0.25, 0.3) is 0 Å². The van der Waals surface area contributed by atoms with Gasteiger partial charge in [0.15, 0.2) is 0 Å². The fraction of sp³-hybridized carbons (Fsp3) is 0.667. The Morgan fingerprint density at radius 2 is 2.10 bits per heavy atom. The van der Waals surface area contributed by atoms with Gasteiger partial charge in [-0.05, 0) is 67.7 Å². The lowest BCUT2D eigenvalue weighted by Gasteiger charge is -2.21. The first-order valence-electron chi connectivity index (χ1n) is 8.19. The lowest BCUT2D eigenvalue weighted by atomic mass is 9.97. The standard InChI is InChI=1S/C18H27NO/c1-3-10-19-17(18-15-8-5-9-16(15)18)12-13-6-4-7-14(11-13)20-2/h4,6-7,11,15-19H,3,5,8-10,12H2,1-2H3. The Bertz CT molecular complexity index is 435. The summed E-state index contributed by atoms with van der Waals surface area (Å²) in [6.45, 7) is 3.40. The summed E-state index contributed by atoms with van der Waals surface area (Å²) in [5, 5.41) is 3.81. The van der Waals surface area contributed by atoms with E-state index in [-0.39, 0.29) is 0 Å². The summed E-state index contributed by atoms with van der Waals surface area (Å²) in [6, 6.07) is 9.24. The van der Waals surface area contributed by atoms with E-state index in [9.17, 15) is 0 Å². The van der Waals surface area contributed by atoms with Gasteiger partial charge in [0, 0.05) is 6.04 Å². The number of rotatable bonds is 7. The number of hydrogen-bond acceptors (Lipinski definition) is 2. The Hall–Kier alpha value is -1.02. The third-order valence-electron chi connectivity index (χ3n) is 5.18. The molecule has 0 radical (unpaired) electrons. The highest BCUT2D eigenvalue weighted by Crippen LogP contribution is 2.59. The average molecular weight is 273 g/mol. The Morgan fingerprint density at radius 1 is 1.30 bits per heavy atom. The maximum atomic E-state index is 5.35. The first kappa shape index (κ1) is 13.9. The van der Waals surface area contributed by atoms with E-state index in [1.807, 2.05) is 6.07 Å². The van der Waals surface area contributed by atoms with Gasteiger partial charge in [0.25, 0.3) is 0 Å². The van der Waals surface area contributed by atoms with Gasteiger partial charge in [-0.25, -0.2) is 0 Å². The Labute approximate surface area is 122 Å². The molecule has 2 heteroatoms. The molecule has 0 aliphatic heterocycles. The van der Waals surface area contributed by atoms with E-state index < -0.39 is 0 Å². The van der Waals surface area contributed by atoms with Gasteiger partial charge in [-0.3, -0.25) is 0 Å². The van der Waals surface area contributed by atoms with Crippen molar-refractivity contribution in [3.05, 3.63) is 29.8 Å². The number of methoxy groups -OCH3 is 1. The van der Waals surface area contributed by atoms with Crippen molar-refractivity contribution in [1.82, 2.24) is 5.32 Å². The summed E-state index contributed by atoms with van der Waals surface area (Å²) in [6.07, 6.45) is 6.77. The lowest BCUT2D eigenvalue weighted by Crippen LogP contribution is -2.35. The van der Waals surface area contributed by atoms with E-state index in [4.69, 9.17) is 4.74 Å². The summed E-state index contributed by atoms with van der Waals surface area (Å²) >= 11 is 0. The van der Waals surface area contributed by atoms with E-state index in [1.165, 1.54) is 31.2 Å². The van der Waals surface area contributed by atoms with Gasteiger partial charge in [0.05, 0.1) is 7.11 Å². The Kier molecular flexibility index (Phi) is 4.30. The van der Waals surface area contributed by atoms with Crippen LogP contribution in [0.3, 0.4) is 0 Å². The van der Waals surface area contributed by atoms with Crippen LogP contribution < -0.4 is 10.1 Å². The second kappa shape index (κ2) is 6.17. The van der Waals surface area contributed by atoms with Crippen LogP contribution in [0.1, 0.15) is 38.2 Å². The van der Waals surface area contributed by atoms with Crippen molar-refractivity contribution in [3.8, 4) is 5.75 Å². The molecule has 2 saturated carbocycles. The Balaban J connectivity index is 1.66. The third-order valence-corrected chi connectivity index (χ3v) is 5.18. The molecule has 0 bridgehead atoms. The highest BCUT2D eigenvalue weighted by Gasteiger charge is 2.55. The molecule has 3 unspecified atom stereocenters. The minimum absolute atomic E-state index is 0.664. The van der Waals surface area contributed by atoms with Gasteiger partial charge in [-0.2, -0.15) is 0 Å². The molecule has 110 valence electrons. The first-order valence-corrected chi connectivity index (χ1v) is 8.19. The third kappa shape index (κ3) is 2.85. The lowest BCUT2D eigenvalue weighted by molar-refractivity contribution is 0.399. The van der Waals surface area contributed by atoms with E-state index in [1.54, 1.807) is 7.11 Å². The van der Waals surface area contributed by atoms with Crippen molar-refractivity contribution in [3.63, 3.8) is 0 Å². The summed E-state index contributed by atoms with van der Waals surface area (Å²) in [4.78, 5) is 0. The summed E-state index contributed by atoms with van der Waals surface area (Å²) < 4.78 is 5.35. The molecule has 0 amide bonds. The van der Waals surface area contributed by atoms with Gasteiger partial charge in [-0.15, -0.1) is 0 Å². The van der Waals surface area contributed by atoms with Gasteiger partial charge in [-0.1, -0.05) is 25.5 Å². The van der Waals surface area contributed by atoms with E-state index in [2.05, 4.69) is 30.4 Å². The molecule has 2 aliphatic carbocycles. The quantitative estimate of drug-likeness (QED) is 0.818. The zero-order valence-electron chi connectivity index (χ0n) is 12.8. The molecular formula is C18H27NO. The largest absolute Gasteiger partial charge is 0.497 e. The fourth-order valence-corrected chi connectivity index (χ4v) is 4.20. The fourth-order valence-electron chi connectivity index (χ4n) is 4.20. The van der Waals surface area contributed by atoms with Crippen molar-refractivity contribution in [2.24, 2.45) is 17.8 Å². The molecule has 2 fully saturated rings. The molecule has 3 atom stereocenters. The monoisotopic (exact) mass is 273 g/mol. The number of ether oxygens (including phenoxy) is 1. The zero-order valence-corrected chi connectivity index (χ0v) is 12.8. The van der Waals surface area contributed by atoms with Crippen molar-refractivity contribution < 1.29 is 4.74 Å². The van der Waals surface area contributed by atoms with Crippen molar-refractivity contribution in [1.29, 1.82) is 0 Å². The van der Waals surface area contributed by atoms with Crippen LogP contribution in [-0.4, -0.2) is 19.7 Å². The Morgan fingerprint density at radius 3 is 2.80 bits per heavy atom. The minimum Gasteiger partial charge on any atom is -0.497 e. The van der Waals surface area contributed by atoms with E-state index in [0.29, 0.717) is 6.04 Å². The van der Waals surface area contributed by atoms with Crippen LogP contribution in [-0.2, 0) is 6.42 Å². The van der Waals surface area contributed by atoms with Crippen LogP contribution in [0.5, 0.6) is 5.75 Å². The van der Waals surface area contributed by atoms with Gasteiger partial charge >= 0.3 is 0 Å². The van der Waals surface area contributed by atoms with Crippen LogP contribution in [0.4, 0.5) is 0 Å². The number of hydrogen-bond donors (Lipinski definition) is 1. The van der Waals surface area contributed by atoms with E-state index >= 15 is 0 Å². The molecule has 2 aliphatic rings. The number of nitrogens with one attached hydrogen (secondary N) is 1. The summed E-state index contributed by atoms with van der Waals surface area (Å²) in [7, 11) is 1.75. The first-order chi connectivity index (χ1) is 9.83. The smallest absolute Gasteiger partial charge is 0.119 e. The number of benzene rings is 1. The molecule has 1 aromatic rings. The maximum absolute atomic E-state index is 5.35. The van der Waals surface area contributed by atoms with Gasteiger partial charge in [0.1, 0.15) is 5.75 Å². The summed E-state index contributed by atoms with van der Waals surface area (Å²) in [5.74, 6) is 3.96. The van der Waals surface area contributed by atoms with Crippen molar-refractivity contribution in [2.45, 2.75) is 45.1 Å². The molecule has 2 nitrogen and oxygen atoms in total. The van der Waals surface area contributed by atoms with Crippen LogP contribution in [0, 0.1) is 17.8 Å². The zero-order chi connectivity index (χ0) is 13.9. The average Bonchev–Trinajstić information content (AvgIpc) is 2.95. The van der Waals surface area contributed by atoms with E-state index in [0.717, 1.165) is 36.5 Å². The predicted molar refractivity (Wildman–Crippen MR) is 83.1 cm³/mol. The molecule has 0 spiro atoms. The normalized spacial score (nSPS) is 29.0. The SMILES string of the molecule is CCCNC(Cc1cccc(OC)c1)C1C2CCCC21. The minimum atomic E-state index is 0.664. The second-order valence-corrected chi connectivity index (χ2v) is 6.45. The van der Waals surface area contributed by atoms with Crippen molar-refractivity contribution in [2.75, 3.05) is 13.7 Å². The molecule has 1 N–H and O–H groups in total. The molecule has 1 aromatic carbocycles. The highest BCUT2D eigenvalue weighted by molar-refractivity contribution is 5.29. The van der Waals surface area contributed by atoms with Crippen LogP contribution >= 0.6 is 0 Å². The highest BCUT2D eigenvalue weighted by atomic mass is 16.5. The summed E-state index contributed by atoms with van der Waals surface area (Å²) in [5.41, 5.74) is 1.41.